The molecule has 1 N–H and O–H groups in total. The van der Waals surface area contributed by atoms with Gasteiger partial charge in [-0.05, 0) is 32.4 Å². The first-order valence-corrected chi connectivity index (χ1v) is 7.43. The molecule has 1 saturated carbocycles. The highest BCUT2D eigenvalue weighted by atomic mass is 32.2. The molecule has 2 unspecified atom stereocenters. The Morgan fingerprint density at radius 2 is 2.33 bits per heavy atom. The maximum absolute atomic E-state index is 4.35. The molecule has 1 heterocycles. The summed E-state index contributed by atoms with van der Waals surface area (Å²) in [5, 5.41) is 5.31. The standard InChI is InChI=1S/C10H17N3S2/c1-7-11-10(15-13-7)12-8-4-3-5-9(6-8)14-2/h8-9H,3-6H2,1-2H3,(H,11,12,13). The highest BCUT2D eigenvalue weighted by Crippen LogP contribution is 2.29. The molecule has 2 atom stereocenters. The van der Waals surface area contributed by atoms with Crippen LogP contribution in [0.1, 0.15) is 31.5 Å². The molecule has 0 radical (unpaired) electrons. The number of anilines is 1. The second kappa shape index (κ2) is 5.16. The van der Waals surface area contributed by atoms with Gasteiger partial charge < -0.3 is 5.32 Å². The normalized spacial score (nSPS) is 26.5. The minimum Gasteiger partial charge on any atom is -0.358 e. The summed E-state index contributed by atoms with van der Waals surface area (Å²) < 4.78 is 4.18. The highest BCUT2D eigenvalue weighted by molar-refractivity contribution is 7.99. The molecule has 1 fully saturated rings. The number of aromatic nitrogens is 2. The van der Waals surface area contributed by atoms with E-state index in [-0.39, 0.29) is 0 Å². The summed E-state index contributed by atoms with van der Waals surface area (Å²) in [7, 11) is 0. The molecule has 2 rings (SSSR count). The Hall–Kier alpha value is -0.290. The van der Waals surface area contributed by atoms with E-state index in [1.807, 2.05) is 18.7 Å². The Labute approximate surface area is 99.2 Å². The van der Waals surface area contributed by atoms with Gasteiger partial charge in [0.25, 0.3) is 0 Å². The Bertz CT molecular complexity index is 313. The number of hydrogen-bond donors (Lipinski definition) is 1. The minimum absolute atomic E-state index is 0.601. The van der Waals surface area contributed by atoms with Gasteiger partial charge in [-0.15, -0.1) is 0 Å². The van der Waals surface area contributed by atoms with E-state index in [4.69, 9.17) is 0 Å². The molecule has 1 aliphatic rings. The van der Waals surface area contributed by atoms with Crippen molar-refractivity contribution in [2.75, 3.05) is 11.6 Å². The predicted molar refractivity (Wildman–Crippen MR) is 67.8 cm³/mol. The van der Waals surface area contributed by atoms with Crippen LogP contribution in [0.5, 0.6) is 0 Å². The summed E-state index contributed by atoms with van der Waals surface area (Å²) >= 11 is 3.47. The minimum atomic E-state index is 0.601. The fraction of sp³-hybridized carbons (Fsp3) is 0.800. The van der Waals surface area contributed by atoms with Crippen molar-refractivity contribution in [3.63, 3.8) is 0 Å². The van der Waals surface area contributed by atoms with E-state index in [1.54, 1.807) is 0 Å². The van der Waals surface area contributed by atoms with Crippen LogP contribution in [-0.2, 0) is 0 Å². The molecular weight excluding hydrogens is 226 g/mol. The second-order valence-corrected chi connectivity index (χ2v) is 5.90. The van der Waals surface area contributed by atoms with E-state index in [2.05, 4.69) is 20.9 Å². The third kappa shape index (κ3) is 3.08. The number of aryl methyl sites for hydroxylation is 1. The van der Waals surface area contributed by atoms with E-state index in [9.17, 15) is 0 Å². The Morgan fingerprint density at radius 1 is 1.47 bits per heavy atom. The number of nitrogens with one attached hydrogen (secondary N) is 1. The smallest absolute Gasteiger partial charge is 0.202 e. The maximum atomic E-state index is 4.35. The van der Waals surface area contributed by atoms with Gasteiger partial charge in [0.2, 0.25) is 5.13 Å². The van der Waals surface area contributed by atoms with Crippen LogP contribution in [0.3, 0.4) is 0 Å². The molecule has 15 heavy (non-hydrogen) atoms. The van der Waals surface area contributed by atoms with Gasteiger partial charge in [0.05, 0.1) is 0 Å². The maximum Gasteiger partial charge on any atom is 0.202 e. The van der Waals surface area contributed by atoms with Crippen molar-refractivity contribution in [3.8, 4) is 0 Å². The molecule has 1 aromatic rings. The van der Waals surface area contributed by atoms with Crippen molar-refractivity contribution in [3.05, 3.63) is 5.82 Å². The Kier molecular flexibility index (Phi) is 3.86. The van der Waals surface area contributed by atoms with Crippen LogP contribution >= 0.6 is 23.3 Å². The molecule has 1 aromatic heterocycles. The van der Waals surface area contributed by atoms with Crippen molar-refractivity contribution in [1.29, 1.82) is 0 Å². The average molecular weight is 243 g/mol. The van der Waals surface area contributed by atoms with Crippen LogP contribution in [0.15, 0.2) is 0 Å². The molecule has 0 bridgehead atoms. The van der Waals surface area contributed by atoms with Crippen LogP contribution < -0.4 is 5.32 Å². The van der Waals surface area contributed by atoms with Crippen molar-refractivity contribution < 1.29 is 0 Å². The van der Waals surface area contributed by atoms with E-state index < -0.39 is 0 Å². The molecule has 1 aliphatic carbocycles. The summed E-state index contributed by atoms with van der Waals surface area (Å²) in [6.07, 6.45) is 7.45. The van der Waals surface area contributed by atoms with Crippen LogP contribution in [-0.4, -0.2) is 26.9 Å². The predicted octanol–water partition coefficient (Wildman–Crippen LogP) is 2.93. The van der Waals surface area contributed by atoms with Crippen molar-refractivity contribution in [2.45, 2.75) is 43.9 Å². The van der Waals surface area contributed by atoms with Gasteiger partial charge >= 0.3 is 0 Å². The molecule has 84 valence electrons. The summed E-state index contributed by atoms with van der Waals surface area (Å²) in [5.41, 5.74) is 0. The SMILES string of the molecule is CSC1CCCC(Nc2nc(C)ns2)C1. The van der Waals surface area contributed by atoms with Crippen LogP contribution in [0.25, 0.3) is 0 Å². The van der Waals surface area contributed by atoms with Gasteiger partial charge in [0.15, 0.2) is 0 Å². The molecule has 3 nitrogen and oxygen atoms in total. The number of rotatable bonds is 3. The zero-order chi connectivity index (χ0) is 10.7. The second-order valence-electron chi connectivity index (χ2n) is 4.01. The van der Waals surface area contributed by atoms with Gasteiger partial charge in [-0.3, -0.25) is 0 Å². The van der Waals surface area contributed by atoms with Crippen LogP contribution in [0.4, 0.5) is 5.13 Å². The molecule has 0 aromatic carbocycles. The van der Waals surface area contributed by atoms with E-state index in [0.29, 0.717) is 6.04 Å². The topological polar surface area (TPSA) is 37.8 Å². The lowest BCUT2D eigenvalue weighted by Crippen LogP contribution is -2.28. The third-order valence-corrected chi connectivity index (χ3v) is 4.65. The zero-order valence-corrected chi connectivity index (χ0v) is 10.8. The third-order valence-electron chi connectivity index (χ3n) is 2.81. The van der Waals surface area contributed by atoms with Crippen molar-refractivity contribution >= 4 is 28.4 Å². The quantitative estimate of drug-likeness (QED) is 0.886. The lowest BCUT2D eigenvalue weighted by Gasteiger charge is -2.28. The van der Waals surface area contributed by atoms with Gasteiger partial charge in [0.1, 0.15) is 5.82 Å². The highest BCUT2D eigenvalue weighted by Gasteiger charge is 2.21. The molecule has 5 heteroatoms. The number of hydrogen-bond acceptors (Lipinski definition) is 5. The fourth-order valence-corrected chi connectivity index (χ4v) is 3.50. The summed E-state index contributed by atoms with van der Waals surface area (Å²) in [5.74, 6) is 0.875. The lowest BCUT2D eigenvalue weighted by atomic mass is 9.95. The van der Waals surface area contributed by atoms with E-state index in [0.717, 1.165) is 16.2 Å². The van der Waals surface area contributed by atoms with Crippen LogP contribution in [0, 0.1) is 6.92 Å². The molecule has 0 spiro atoms. The lowest BCUT2D eigenvalue weighted by molar-refractivity contribution is 0.473. The molecule has 0 aliphatic heterocycles. The zero-order valence-electron chi connectivity index (χ0n) is 9.19. The fourth-order valence-electron chi connectivity index (χ4n) is 2.02. The van der Waals surface area contributed by atoms with Gasteiger partial charge in [-0.2, -0.15) is 16.1 Å². The molecule has 0 amide bonds. The number of thioether (sulfide) groups is 1. The monoisotopic (exact) mass is 243 g/mol. The summed E-state index contributed by atoms with van der Waals surface area (Å²) in [6.45, 7) is 1.94. The van der Waals surface area contributed by atoms with E-state index in [1.165, 1.54) is 37.2 Å². The first-order chi connectivity index (χ1) is 7.28. The van der Waals surface area contributed by atoms with Crippen LogP contribution in [0.2, 0.25) is 0 Å². The first kappa shape index (κ1) is 11.2. The average Bonchev–Trinajstić information content (AvgIpc) is 2.64. The van der Waals surface area contributed by atoms with Crippen molar-refractivity contribution in [2.24, 2.45) is 0 Å². The van der Waals surface area contributed by atoms with Gasteiger partial charge in [-0.25, -0.2) is 4.98 Å². The van der Waals surface area contributed by atoms with E-state index >= 15 is 0 Å². The van der Waals surface area contributed by atoms with Gasteiger partial charge in [0, 0.05) is 22.8 Å². The largest absolute Gasteiger partial charge is 0.358 e. The first-order valence-electron chi connectivity index (χ1n) is 5.37. The Morgan fingerprint density at radius 3 is 3.00 bits per heavy atom. The summed E-state index contributed by atoms with van der Waals surface area (Å²) in [6, 6.07) is 0.601. The van der Waals surface area contributed by atoms with Crippen molar-refractivity contribution in [1.82, 2.24) is 9.36 Å². The molecular formula is C10H17N3S2. The Balaban J connectivity index is 1.88. The number of nitrogens with zero attached hydrogens (tertiary/aromatic N) is 2. The molecule has 0 saturated heterocycles. The summed E-state index contributed by atoms with van der Waals surface area (Å²) in [4.78, 5) is 4.35. The van der Waals surface area contributed by atoms with Gasteiger partial charge in [-0.1, -0.05) is 6.42 Å².